The zero-order valence-electron chi connectivity index (χ0n) is 18.0. The standard InChI is InChI=1S/C21H17ClF3N5O3S/c1-10-26-19-12-7-16(32-2)17(33-3)8-14(12)28-20(30(19)29-10)34-9-18(31)27-15-6-11(21(23,24)25)4-5-13(15)22/h4-8H,9H2,1-3H3,(H,27,31). The van der Waals surface area contributed by atoms with Crippen molar-refractivity contribution in [3.8, 4) is 11.5 Å². The molecule has 0 saturated heterocycles. The Morgan fingerprint density at radius 2 is 1.85 bits per heavy atom. The quantitative estimate of drug-likeness (QED) is 0.287. The molecule has 0 spiro atoms. The van der Waals surface area contributed by atoms with Gasteiger partial charge in [0.1, 0.15) is 5.82 Å². The first-order valence-corrected chi connectivity index (χ1v) is 11.1. The van der Waals surface area contributed by atoms with E-state index in [0.717, 1.165) is 30.0 Å². The number of halogens is 4. The molecule has 0 unspecified atom stereocenters. The number of alkyl halides is 3. The summed E-state index contributed by atoms with van der Waals surface area (Å²) in [5.74, 6) is 0.733. The zero-order valence-corrected chi connectivity index (χ0v) is 19.6. The monoisotopic (exact) mass is 511 g/mol. The summed E-state index contributed by atoms with van der Waals surface area (Å²) in [6.45, 7) is 1.72. The van der Waals surface area contributed by atoms with Crippen LogP contribution in [-0.2, 0) is 11.0 Å². The number of aromatic nitrogens is 4. The molecule has 1 amide bonds. The Hall–Kier alpha value is -3.25. The third-order valence-electron chi connectivity index (χ3n) is 4.75. The Morgan fingerprint density at radius 3 is 2.53 bits per heavy atom. The van der Waals surface area contributed by atoms with Gasteiger partial charge in [0, 0.05) is 11.5 Å². The molecule has 1 N–H and O–H groups in total. The van der Waals surface area contributed by atoms with Gasteiger partial charge in [-0.25, -0.2) is 9.97 Å². The summed E-state index contributed by atoms with van der Waals surface area (Å²) in [7, 11) is 3.02. The maximum absolute atomic E-state index is 13.0. The molecule has 0 aliphatic rings. The number of methoxy groups -OCH3 is 2. The minimum Gasteiger partial charge on any atom is -0.493 e. The second kappa shape index (κ2) is 9.18. The Balaban J connectivity index is 1.63. The van der Waals surface area contributed by atoms with Crippen molar-refractivity contribution in [3.63, 3.8) is 0 Å². The summed E-state index contributed by atoms with van der Waals surface area (Å²) in [6, 6.07) is 6.14. The van der Waals surface area contributed by atoms with Crippen LogP contribution in [-0.4, -0.2) is 45.5 Å². The van der Waals surface area contributed by atoms with Crippen LogP contribution in [0.25, 0.3) is 16.6 Å². The maximum Gasteiger partial charge on any atom is 0.416 e. The lowest BCUT2D eigenvalue weighted by atomic mass is 10.2. The zero-order chi connectivity index (χ0) is 24.6. The van der Waals surface area contributed by atoms with Crippen LogP contribution in [0.2, 0.25) is 5.02 Å². The number of fused-ring (bicyclic) bond motifs is 3. The SMILES string of the molecule is COc1cc2nc(SCC(=O)Nc3cc(C(F)(F)F)ccc3Cl)n3nc(C)nc3c2cc1OC. The minimum atomic E-state index is -4.56. The van der Waals surface area contributed by atoms with Crippen LogP contribution >= 0.6 is 23.4 Å². The lowest BCUT2D eigenvalue weighted by Gasteiger charge is -2.12. The molecule has 0 aliphatic carbocycles. The number of aryl methyl sites for hydroxylation is 1. The van der Waals surface area contributed by atoms with E-state index in [0.29, 0.717) is 39.0 Å². The average Bonchev–Trinajstić information content (AvgIpc) is 3.19. The molecule has 0 bridgehead atoms. The van der Waals surface area contributed by atoms with Gasteiger partial charge in [0.15, 0.2) is 22.3 Å². The lowest BCUT2D eigenvalue weighted by Crippen LogP contribution is -2.16. The number of carbonyl (C=O) groups is 1. The van der Waals surface area contributed by atoms with Gasteiger partial charge in [0.25, 0.3) is 0 Å². The van der Waals surface area contributed by atoms with Gasteiger partial charge in [-0.05, 0) is 31.2 Å². The number of ether oxygens (including phenoxy) is 2. The topological polar surface area (TPSA) is 90.6 Å². The van der Waals surface area contributed by atoms with Crippen molar-refractivity contribution in [2.45, 2.75) is 18.3 Å². The molecule has 0 radical (unpaired) electrons. The van der Waals surface area contributed by atoms with E-state index in [9.17, 15) is 18.0 Å². The van der Waals surface area contributed by atoms with Gasteiger partial charge in [-0.2, -0.15) is 17.7 Å². The molecule has 34 heavy (non-hydrogen) atoms. The van der Waals surface area contributed by atoms with E-state index in [1.807, 2.05) is 0 Å². The highest BCUT2D eigenvalue weighted by Gasteiger charge is 2.31. The molecule has 8 nitrogen and oxygen atoms in total. The Morgan fingerprint density at radius 1 is 1.15 bits per heavy atom. The van der Waals surface area contributed by atoms with Crippen molar-refractivity contribution in [2.24, 2.45) is 0 Å². The molecule has 0 saturated carbocycles. The van der Waals surface area contributed by atoms with Gasteiger partial charge in [-0.3, -0.25) is 4.79 Å². The van der Waals surface area contributed by atoms with Crippen molar-refractivity contribution in [1.82, 2.24) is 19.6 Å². The number of rotatable bonds is 6. The fourth-order valence-electron chi connectivity index (χ4n) is 3.22. The van der Waals surface area contributed by atoms with Crippen molar-refractivity contribution in [1.29, 1.82) is 0 Å². The highest BCUT2D eigenvalue weighted by Crippen LogP contribution is 2.35. The number of hydrogen-bond donors (Lipinski definition) is 1. The van der Waals surface area contributed by atoms with Crippen molar-refractivity contribution < 1.29 is 27.4 Å². The van der Waals surface area contributed by atoms with Gasteiger partial charge in [0.2, 0.25) is 5.91 Å². The van der Waals surface area contributed by atoms with E-state index in [1.165, 1.54) is 18.7 Å². The first-order valence-electron chi connectivity index (χ1n) is 9.69. The molecular formula is C21H17ClF3N5O3S. The van der Waals surface area contributed by atoms with E-state index < -0.39 is 17.6 Å². The lowest BCUT2D eigenvalue weighted by molar-refractivity contribution is -0.137. The molecule has 13 heteroatoms. The second-order valence-electron chi connectivity index (χ2n) is 7.04. The van der Waals surface area contributed by atoms with Gasteiger partial charge in [-0.1, -0.05) is 23.4 Å². The maximum atomic E-state index is 13.0. The third-order valence-corrected chi connectivity index (χ3v) is 6.01. The van der Waals surface area contributed by atoms with Crippen LogP contribution in [0.5, 0.6) is 11.5 Å². The Labute approximate surface area is 200 Å². The summed E-state index contributed by atoms with van der Waals surface area (Å²) >= 11 is 7.01. The number of hydrogen-bond acceptors (Lipinski definition) is 7. The van der Waals surface area contributed by atoms with Gasteiger partial charge >= 0.3 is 6.18 Å². The minimum absolute atomic E-state index is 0.00878. The molecule has 2 aromatic heterocycles. The highest BCUT2D eigenvalue weighted by atomic mass is 35.5. The molecule has 0 aliphatic heterocycles. The molecule has 4 rings (SSSR count). The number of nitrogens with zero attached hydrogens (tertiary/aromatic N) is 4. The Kier molecular flexibility index (Phi) is 6.45. The van der Waals surface area contributed by atoms with E-state index >= 15 is 0 Å². The van der Waals surface area contributed by atoms with Gasteiger partial charge in [-0.15, -0.1) is 5.10 Å². The first kappa shape index (κ1) is 23.9. The first-order chi connectivity index (χ1) is 16.1. The summed E-state index contributed by atoms with van der Waals surface area (Å²) in [4.78, 5) is 21.5. The fourth-order valence-corrected chi connectivity index (χ4v) is 4.13. The molecule has 2 heterocycles. The fraction of sp³-hybridized carbons (Fsp3) is 0.238. The summed E-state index contributed by atoms with van der Waals surface area (Å²) in [5, 5.41) is 7.79. The van der Waals surface area contributed by atoms with Crippen LogP contribution in [0.1, 0.15) is 11.4 Å². The van der Waals surface area contributed by atoms with Crippen LogP contribution in [0.3, 0.4) is 0 Å². The summed E-state index contributed by atoms with van der Waals surface area (Å²) < 4.78 is 51.2. The van der Waals surface area contributed by atoms with E-state index in [1.54, 1.807) is 19.1 Å². The van der Waals surface area contributed by atoms with E-state index in [4.69, 9.17) is 21.1 Å². The normalized spacial score (nSPS) is 11.7. The molecule has 4 aromatic rings. The number of anilines is 1. The molecule has 0 fully saturated rings. The second-order valence-corrected chi connectivity index (χ2v) is 8.39. The predicted molar refractivity (Wildman–Crippen MR) is 122 cm³/mol. The van der Waals surface area contributed by atoms with Crippen LogP contribution in [0, 0.1) is 6.92 Å². The largest absolute Gasteiger partial charge is 0.493 e. The number of benzene rings is 2. The smallest absolute Gasteiger partial charge is 0.416 e. The molecule has 2 aromatic carbocycles. The summed E-state index contributed by atoms with van der Waals surface area (Å²) in [5.41, 5.74) is 0.000953. The van der Waals surface area contributed by atoms with Gasteiger partial charge in [0.05, 0.1) is 41.8 Å². The van der Waals surface area contributed by atoms with Crippen LogP contribution in [0.15, 0.2) is 35.5 Å². The van der Waals surface area contributed by atoms with E-state index in [2.05, 4.69) is 20.4 Å². The Bertz CT molecular complexity index is 1410. The average molecular weight is 512 g/mol. The van der Waals surface area contributed by atoms with Crippen LogP contribution in [0.4, 0.5) is 18.9 Å². The molecule has 178 valence electrons. The van der Waals surface area contributed by atoms with Crippen molar-refractivity contribution in [3.05, 3.63) is 46.7 Å². The van der Waals surface area contributed by atoms with Crippen molar-refractivity contribution in [2.75, 3.05) is 25.3 Å². The van der Waals surface area contributed by atoms with Crippen molar-refractivity contribution >= 4 is 51.5 Å². The van der Waals surface area contributed by atoms with Gasteiger partial charge < -0.3 is 14.8 Å². The number of amides is 1. The summed E-state index contributed by atoms with van der Waals surface area (Å²) in [6.07, 6.45) is -4.56. The highest BCUT2D eigenvalue weighted by molar-refractivity contribution is 7.99. The van der Waals surface area contributed by atoms with E-state index in [-0.39, 0.29) is 16.5 Å². The van der Waals surface area contributed by atoms with Crippen LogP contribution < -0.4 is 14.8 Å². The number of thioether (sulfide) groups is 1. The molecular weight excluding hydrogens is 495 g/mol. The number of carbonyl (C=O) groups excluding carboxylic acids is 1. The third kappa shape index (κ3) is 4.68. The number of nitrogens with one attached hydrogen (secondary N) is 1. The predicted octanol–water partition coefficient (Wildman–Crippen LogP) is 5.01. The molecule has 0 atom stereocenters.